The van der Waals surface area contributed by atoms with Crippen LogP contribution in [0.3, 0.4) is 0 Å². The number of benzene rings is 1. The lowest BCUT2D eigenvalue weighted by atomic mass is 10.2. The topological polar surface area (TPSA) is 107 Å². The van der Waals surface area contributed by atoms with E-state index >= 15 is 0 Å². The Morgan fingerprint density at radius 1 is 1.48 bits per heavy atom. The molecule has 0 radical (unpaired) electrons. The third-order valence-electron chi connectivity index (χ3n) is 2.59. The number of non-ortho nitro benzene ring substituents is 1. The van der Waals surface area contributed by atoms with Crippen molar-refractivity contribution in [2.75, 3.05) is 0 Å². The average molecular weight is 328 g/mol. The summed E-state index contributed by atoms with van der Waals surface area (Å²) in [6.07, 6.45) is 0. The van der Waals surface area contributed by atoms with Gasteiger partial charge >= 0.3 is 0 Å². The smallest absolute Gasteiger partial charge is 0.275 e. The second-order valence-electron chi connectivity index (χ2n) is 3.91. The van der Waals surface area contributed by atoms with E-state index < -0.39 is 10.8 Å². The van der Waals surface area contributed by atoms with E-state index in [9.17, 15) is 14.9 Å². The van der Waals surface area contributed by atoms with Gasteiger partial charge in [0.05, 0.1) is 20.9 Å². The van der Waals surface area contributed by atoms with E-state index in [1.54, 1.807) is 11.4 Å². The number of amides is 1. The van der Waals surface area contributed by atoms with Crippen molar-refractivity contribution in [1.82, 2.24) is 5.43 Å². The summed E-state index contributed by atoms with van der Waals surface area (Å²) in [6.45, 7) is 0.0488. The van der Waals surface area contributed by atoms with Crippen LogP contribution >= 0.6 is 22.9 Å². The van der Waals surface area contributed by atoms with Crippen molar-refractivity contribution in [2.24, 2.45) is 5.84 Å². The normalized spacial score (nSPS) is 10.2. The predicted molar refractivity (Wildman–Crippen MR) is 78.4 cm³/mol. The summed E-state index contributed by atoms with van der Waals surface area (Å²) in [5, 5.41) is 12.7. The number of nitro groups is 1. The van der Waals surface area contributed by atoms with Crippen LogP contribution < -0.4 is 16.0 Å². The van der Waals surface area contributed by atoms with Crippen LogP contribution in [-0.2, 0) is 6.61 Å². The number of carbonyl (C=O) groups is 1. The van der Waals surface area contributed by atoms with Crippen molar-refractivity contribution >= 4 is 34.5 Å². The summed E-state index contributed by atoms with van der Waals surface area (Å²) in [6, 6.07) is 5.61. The number of hydrogen-bond donors (Lipinski definition) is 2. The molecule has 0 spiro atoms. The number of ether oxygens (including phenoxy) is 1. The van der Waals surface area contributed by atoms with E-state index in [0.717, 1.165) is 0 Å². The summed E-state index contributed by atoms with van der Waals surface area (Å²) in [4.78, 5) is 22.1. The molecule has 0 aliphatic carbocycles. The second-order valence-corrected chi connectivity index (χ2v) is 5.23. The summed E-state index contributed by atoms with van der Waals surface area (Å²) < 4.78 is 5.46. The highest BCUT2D eigenvalue weighted by atomic mass is 35.5. The van der Waals surface area contributed by atoms with Gasteiger partial charge in [-0.15, -0.1) is 11.3 Å². The summed E-state index contributed by atoms with van der Waals surface area (Å²) >= 11 is 7.14. The van der Waals surface area contributed by atoms with E-state index in [2.05, 4.69) is 0 Å². The molecule has 1 aromatic carbocycles. The van der Waals surface area contributed by atoms with Crippen LogP contribution in [0.4, 0.5) is 5.69 Å². The zero-order valence-corrected chi connectivity index (χ0v) is 12.1. The van der Waals surface area contributed by atoms with Crippen molar-refractivity contribution < 1.29 is 14.5 Å². The molecule has 3 N–H and O–H groups in total. The Kier molecular flexibility index (Phi) is 4.73. The first-order valence-corrected chi connectivity index (χ1v) is 6.92. The Balaban J connectivity index is 2.17. The molecule has 0 aliphatic heterocycles. The Labute approximate surface area is 128 Å². The number of hydrazine groups is 1. The van der Waals surface area contributed by atoms with E-state index in [4.69, 9.17) is 22.2 Å². The lowest BCUT2D eigenvalue weighted by Gasteiger charge is -2.08. The number of hydrogen-bond acceptors (Lipinski definition) is 6. The minimum absolute atomic E-state index is 0.0488. The van der Waals surface area contributed by atoms with Gasteiger partial charge in [0, 0.05) is 11.6 Å². The zero-order chi connectivity index (χ0) is 15.4. The molecule has 0 fully saturated rings. The Morgan fingerprint density at radius 2 is 2.24 bits per heavy atom. The first kappa shape index (κ1) is 15.2. The van der Waals surface area contributed by atoms with Gasteiger partial charge in [-0.2, -0.15) is 0 Å². The zero-order valence-electron chi connectivity index (χ0n) is 10.5. The van der Waals surface area contributed by atoms with Crippen LogP contribution in [0.1, 0.15) is 15.2 Å². The van der Waals surface area contributed by atoms with Gasteiger partial charge in [0.1, 0.15) is 12.4 Å². The standard InChI is InChI=1S/C12H10ClN3O4S/c13-9-2-1-8(16(18)19)5-10(9)20-6-7-3-4-21-11(7)12(17)15-14/h1-5H,6,14H2,(H,15,17). The highest BCUT2D eigenvalue weighted by molar-refractivity contribution is 7.12. The van der Waals surface area contributed by atoms with Crippen molar-refractivity contribution in [2.45, 2.75) is 6.61 Å². The molecule has 0 saturated heterocycles. The monoisotopic (exact) mass is 327 g/mol. The van der Waals surface area contributed by atoms with Crippen LogP contribution in [0.5, 0.6) is 5.75 Å². The Bertz CT molecular complexity index is 689. The third kappa shape index (κ3) is 3.48. The Hall–Kier alpha value is -2.16. The number of nitro benzene ring substituents is 1. The first-order valence-electron chi connectivity index (χ1n) is 5.67. The predicted octanol–water partition coefficient (Wildman–Crippen LogP) is 2.49. The quantitative estimate of drug-likeness (QED) is 0.379. The fourth-order valence-electron chi connectivity index (χ4n) is 1.59. The molecule has 0 aliphatic rings. The third-order valence-corrected chi connectivity index (χ3v) is 3.86. The van der Waals surface area contributed by atoms with Crippen LogP contribution in [0.2, 0.25) is 5.02 Å². The largest absolute Gasteiger partial charge is 0.487 e. The van der Waals surface area contributed by atoms with Crippen molar-refractivity contribution in [3.63, 3.8) is 0 Å². The lowest BCUT2D eigenvalue weighted by Crippen LogP contribution is -2.30. The van der Waals surface area contributed by atoms with Crippen LogP contribution in [0, 0.1) is 10.1 Å². The van der Waals surface area contributed by atoms with Crippen LogP contribution in [0.15, 0.2) is 29.6 Å². The molecule has 2 rings (SSSR count). The maximum absolute atomic E-state index is 11.5. The second kappa shape index (κ2) is 6.53. The number of nitrogens with zero attached hydrogens (tertiary/aromatic N) is 1. The molecule has 0 saturated carbocycles. The lowest BCUT2D eigenvalue weighted by molar-refractivity contribution is -0.384. The van der Waals surface area contributed by atoms with Gasteiger partial charge in [0.2, 0.25) is 0 Å². The summed E-state index contributed by atoms with van der Waals surface area (Å²) in [5.74, 6) is 4.84. The number of nitrogens with two attached hydrogens (primary N) is 1. The van der Waals surface area contributed by atoms with Gasteiger partial charge in [-0.25, -0.2) is 5.84 Å². The molecular formula is C12H10ClN3O4S. The fourth-order valence-corrected chi connectivity index (χ4v) is 2.57. The van der Waals surface area contributed by atoms with E-state index in [1.807, 2.05) is 5.43 Å². The SMILES string of the molecule is NNC(=O)c1sccc1COc1cc([N+](=O)[O-])ccc1Cl. The van der Waals surface area contributed by atoms with Gasteiger partial charge in [-0.3, -0.25) is 20.3 Å². The maximum atomic E-state index is 11.5. The molecular weight excluding hydrogens is 318 g/mol. The average Bonchev–Trinajstić information content (AvgIpc) is 2.93. The molecule has 0 unspecified atom stereocenters. The van der Waals surface area contributed by atoms with Crippen molar-refractivity contribution in [3.8, 4) is 5.75 Å². The number of carbonyl (C=O) groups excluding carboxylic acids is 1. The highest BCUT2D eigenvalue weighted by Crippen LogP contribution is 2.30. The van der Waals surface area contributed by atoms with Crippen LogP contribution in [-0.4, -0.2) is 10.8 Å². The molecule has 1 aromatic heterocycles. The van der Waals surface area contributed by atoms with Crippen LogP contribution in [0.25, 0.3) is 0 Å². The number of halogens is 1. The number of thiophene rings is 1. The molecule has 1 amide bonds. The minimum atomic E-state index is -0.541. The maximum Gasteiger partial charge on any atom is 0.275 e. The van der Waals surface area contributed by atoms with Crippen molar-refractivity contribution in [1.29, 1.82) is 0 Å². The van der Waals surface area contributed by atoms with Gasteiger partial charge in [-0.05, 0) is 17.5 Å². The Morgan fingerprint density at radius 3 is 2.90 bits per heavy atom. The molecule has 110 valence electrons. The molecule has 21 heavy (non-hydrogen) atoms. The van der Waals surface area contributed by atoms with Gasteiger partial charge < -0.3 is 4.74 Å². The number of rotatable bonds is 5. The van der Waals surface area contributed by atoms with Gasteiger partial charge in [0.25, 0.3) is 11.6 Å². The van der Waals surface area contributed by atoms with E-state index in [-0.39, 0.29) is 23.1 Å². The number of nitrogen functional groups attached to an aromatic ring is 1. The summed E-state index contributed by atoms with van der Waals surface area (Å²) in [5.41, 5.74) is 2.53. The molecule has 0 atom stereocenters. The van der Waals surface area contributed by atoms with Crippen molar-refractivity contribution in [3.05, 3.63) is 55.2 Å². The van der Waals surface area contributed by atoms with E-state index in [1.165, 1.54) is 29.5 Å². The fraction of sp³-hybridized carbons (Fsp3) is 0.0833. The van der Waals surface area contributed by atoms with E-state index in [0.29, 0.717) is 10.4 Å². The molecule has 9 heteroatoms. The molecule has 0 bridgehead atoms. The minimum Gasteiger partial charge on any atom is -0.487 e. The van der Waals surface area contributed by atoms with Gasteiger partial charge in [-0.1, -0.05) is 11.6 Å². The number of nitrogens with one attached hydrogen (secondary N) is 1. The first-order chi connectivity index (χ1) is 10.0. The molecule has 1 heterocycles. The highest BCUT2D eigenvalue weighted by Gasteiger charge is 2.15. The van der Waals surface area contributed by atoms with Gasteiger partial charge in [0.15, 0.2) is 0 Å². The molecule has 2 aromatic rings. The molecule has 7 nitrogen and oxygen atoms in total. The summed E-state index contributed by atoms with van der Waals surface area (Å²) in [7, 11) is 0.